The van der Waals surface area contributed by atoms with Crippen molar-refractivity contribution in [2.75, 3.05) is 18.9 Å². The van der Waals surface area contributed by atoms with Gasteiger partial charge >= 0.3 is 0 Å². The molecule has 1 aromatic heterocycles. The summed E-state index contributed by atoms with van der Waals surface area (Å²) in [7, 11) is 2.08. The number of amides is 2. The molecule has 1 aliphatic carbocycles. The van der Waals surface area contributed by atoms with Crippen LogP contribution in [0.1, 0.15) is 46.1 Å². The summed E-state index contributed by atoms with van der Waals surface area (Å²) in [6, 6.07) is 11.3. The van der Waals surface area contributed by atoms with Crippen LogP contribution in [-0.2, 0) is 17.8 Å². The van der Waals surface area contributed by atoms with Crippen LogP contribution in [0, 0.1) is 5.92 Å². The lowest BCUT2D eigenvalue weighted by molar-refractivity contribution is -0.121. The lowest BCUT2D eigenvalue weighted by Crippen LogP contribution is -2.46. The molecule has 5 rings (SSSR count). The van der Waals surface area contributed by atoms with Gasteiger partial charge in [0.2, 0.25) is 5.91 Å². The third-order valence-corrected chi connectivity index (χ3v) is 7.92. The van der Waals surface area contributed by atoms with Crippen molar-refractivity contribution in [3.8, 4) is 0 Å². The van der Waals surface area contributed by atoms with Gasteiger partial charge in [0.1, 0.15) is 0 Å². The van der Waals surface area contributed by atoms with Gasteiger partial charge in [-0.25, -0.2) is 4.98 Å². The monoisotopic (exact) mass is 482 g/mol. The van der Waals surface area contributed by atoms with Crippen molar-refractivity contribution in [2.24, 2.45) is 5.92 Å². The number of rotatable bonds is 4. The van der Waals surface area contributed by atoms with Gasteiger partial charge in [-0.1, -0.05) is 36.6 Å². The first-order chi connectivity index (χ1) is 16.0. The maximum absolute atomic E-state index is 13.2. The Bertz CT molecular complexity index is 1210. The number of halogens is 1. The Kier molecular flexibility index (Phi) is 6.36. The highest BCUT2D eigenvalue weighted by atomic mass is 35.5. The standard InChI is InChI=1S/C25H27ClN4O2S/c1-30-11-10-21-22(14-30)33-25(29-21)24(32)28-20-5-3-2-4-19(20)23(31)27-18-9-7-15-12-17(26)8-6-16(15)13-18/h6-9,12-13,19-20H,2-5,10-11,14H2,1H3,(H,27,31)(H,28,32)/t19-,20+/m0/s1. The highest BCUT2D eigenvalue weighted by Gasteiger charge is 2.33. The number of nitrogens with zero attached hydrogens (tertiary/aromatic N) is 2. The van der Waals surface area contributed by atoms with Crippen LogP contribution in [0.2, 0.25) is 5.02 Å². The minimum absolute atomic E-state index is 0.0478. The third-order valence-electron chi connectivity index (χ3n) is 6.61. The van der Waals surface area contributed by atoms with Crippen LogP contribution in [0.3, 0.4) is 0 Å². The van der Waals surface area contributed by atoms with Gasteiger partial charge in [-0.15, -0.1) is 11.3 Å². The zero-order valence-electron chi connectivity index (χ0n) is 18.6. The number of carbonyl (C=O) groups excluding carboxylic acids is 2. The van der Waals surface area contributed by atoms with Crippen LogP contribution in [0.25, 0.3) is 10.8 Å². The van der Waals surface area contributed by atoms with E-state index < -0.39 is 0 Å². The molecule has 2 heterocycles. The molecule has 172 valence electrons. The van der Waals surface area contributed by atoms with Gasteiger partial charge < -0.3 is 15.5 Å². The molecule has 1 fully saturated rings. The summed E-state index contributed by atoms with van der Waals surface area (Å²) in [6.45, 7) is 1.80. The van der Waals surface area contributed by atoms with E-state index in [4.69, 9.17) is 11.6 Å². The minimum Gasteiger partial charge on any atom is -0.346 e. The molecule has 2 amide bonds. The number of thiazole rings is 1. The molecule has 0 bridgehead atoms. The van der Waals surface area contributed by atoms with Crippen LogP contribution in [0.4, 0.5) is 5.69 Å². The van der Waals surface area contributed by atoms with E-state index >= 15 is 0 Å². The quantitative estimate of drug-likeness (QED) is 0.556. The first-order valence-electron chi connectivity index (χ1n) is 11.4. The Labute approximate surface area is 202 Å². The Morgan fingerprint density at radius 3 is 2.79 bits per heavy atom. The largest absolute Gasteiger partial charge is 0.346 e. The normalized spacial score (nSPS) is 20.9. The summed E-state index contributed by atoms with van der Waals surface area (Å²) in [5.41, 5.74) is 1.79. The number of aromatic nitrogens is 1. The second kappa shape index (κ2) is 9.41. The molecule has 2 aliphatic rings. The molecule has 2 N–H and O–H groups in total. The fraction of sp³-hybridized carbons (Fsp3) is 0.400. The summed E-state index contributed by atoms with van der Waals surface area (Å²) in [4.78, 5) is 34.2. The van der Waals surface area contributed by atoms with Crippen molar-refractivity contribution in [3.63, 3.8) is 0 Å². The van der Waals surface area contributed by atoms with Gasteiger partial charge in [-0.3, -0.25) is 9.59 Å². The molecule has 2 aromatic carbocycles. The maximum atomic E-state index is 13.2. The number of fused-ring (bicyclic) bond motifs is 2. The number of carbonyl (C=O) groups is 2. The van der Waals surface area contributed by atoms with Gasteiger partial charge in [0, 0.05) is 41.1 Å². The van der Waals surface area contributed by atoms with E-state index in [9.17, 15) is 9.59 Å². The SMILES string of the molecule is CN1CCc2nc(C(=O)N[C@@H]3CCCC[C@@H]3C(=O)Nc3ccc4cc(Cl)ccc4c3)sc2C1. The summed E-state index contributed by atoms with van der Waals surface area (Å²) in [5.74, 6) is -0.470. The van der Waals surface area contributed by atoms with Gasteiger partial charge in [-0.05, 0) is 54.9 Å². The van der Waals surface area contributed by atoms with E-state index in [1.54, 1.807) is 0 Å². The van der Waals surface area contributed by atoms with E-state index in [1.165, 1.54) is 16.2 Å². The number of anilines is 1. The minimum atomic E-state index is -0.260. The number of benzene rings is 2. The molecule has 2 atom stereocenters. The average Bonchev–Trinajstić information content (AvgIpc) is 3.23. The predicted molar refractivity (Wildman–Crippen MR) is 133 cm³/mol. The smallest absolute Gasteiger partial charge is 0.280 e. The fourth-order valence-electron chi connectivity index (χ4n) is 4.80. The summed E-state index contributed by atoms with van der Waals surface area (Å²) < 4.78 is 0. The van der Waals surface area contributed by atoms with E-state index in [0.29, 0.717) is 10.0 Å². The molecule has 1 aliphatic heterocycles. The molecule has 0 saturated heterocycles. The van der Waals surface area contributed by atoms with Gasteiger partial charge in [-0.2, -0.15) is 0 Å². The second-order valence-electron chi connectivity index (χ2n) is 9.04. The van der Waals surface area contributed by atoms with Crippen molar-refractivity contribution in [3.05, 3.63) is 57.0 Å². The summed E-state index contributed by atoms with van der Waals surface area (Å²) >= 11 is 7.55. The number of likely N-dealkylation sites (N-methyl/N-ethyl adjacent to an activating group) is 1. The van der Waals surface area contributed by atoms with E-state index in [-0.39, 0.29) is 23.8 Å². The molecule has 0 unspecified atom stereocenters. The van der Waals surface area contributed by atoms with Crippen molar-refractivity contribution in [1.29, 1.82) is 0 Å². The molecule has 1 saturated carbocycles. The molecule has 33 heavy (non-hydrogen) atoms. The molecule has 3 aromatic rings. The van der Waals surface area contributed by atoms with Crippen LogP contribution in [0.5, 0.6) is 0 Å². The average molecular weight is 483 g/mol. The maximum Gasteiger partial charge on any atom is 0.280 e. The predicted octanol–water partition coefficient (Wildman–Crippen LogP) is 4.86. The zero-order valence-corrected chi connectivity index (χ0v) is 20.1. The third kappa shape index (κ3) is 4.90. The number of nitrogens with one attached hydrogen (secondary N) is 2. The van der Waals surface area contributed by atoms with Crippen LogP contribution < -0.4 is 10.6 Å². The Morgan fingerprint density at radius 1 is 1.12 bits per heavy atom. The lowest BCUT2D eigenvalue weighted by Gasteiger charge is -2.31. The van der Waals surface area contributed by atoms with Crippen LogP contribution >= 0.6 is 22.9 Å². The number of hydrogen-bond acceptors (Lipinski definition) is 5. The van der Waals surface area contributed by atoms with Crippen LogP contribution in [0.15, 0.2) is 36.4 Å². The molecular formula is C25H27ClN4O2S. The van der Waals surface area contributed by atoms with Gasteiger partial charge in [0.05, 0.1) is 11.6 Å². The van der Waals surface area contributed by atoms with Crippen LogP contribution in [-0.4, -0.2) is 41.3 Å². The first-order valence-corrected chi connectivity index (χ1v) is 12.6. The highest BCUT2D eigenvalue weighted by Crippen LogP contribution is 2.29. The summed E-state index contributed by atoms with van der Waals surface area (Å²) in [5, 5.41) is 9.43. The summed E-state index contributed by atoms with van der Waals surface area (Å²) in [6.07, 6.45) is 4.43. The van der Waals surface area contributed by atoms with Crippen molar-refractivity contribution in [2.45, 2.75) is 44.7 Å². The Balaban J connectivity index is 1.28. The second-order valence-corrected chi connectivity index (χ2v) is 10.6. The van der Waals surface area contributed by atoms with E-state index in [0.717, 1.165) is 67.3 Å². The first kappa shape index (κ1) is 22.3. The molecule has 6 nitrogen and oxygen atoms in total. The van der Waals surface area contributed by atoms with E-state index in [1.807, 2.05) is 36.4 Å². The molecule has 0 radical (unpaired) electrons. The lowest BCUT2D eigenvalue weighted by atomic mass is 9.83. The Hall–Kier alpha value is -2.48. The highest BCUT2D eigenvalue weighted by molar-refractivity contribution is 7.13. The van der Waals surface area contributed by atoms with Gasteiger partial charge in [0.25, 0.3) is 5.91 Å². The van der Waals surface area contributed by atoms with E-state index in [2.05, 4.69) is 27.6 Å². The zero-order chi connectivity index (χ0) is 22.9. The van der Waals surface area contributed by atoms with Crippen molar-refractivity contribution < 1.29 is 9.59 Å². The van der Waals surface area contributed by atoms with Crippen molar-refractivity contribution >= 4 is 51.2 Å². The number of hydrogen-bond donors (Lipinski definition) is 2. The molecule has 0 spiro atoms. The van der Waals surface area contributed by atoms with Gasteiger partial charge in [0.15, 0.2) is 5.01 Å². The molecular weight excluding hydrogens is 456 g/mol. The van der Waals surface area contributed by atoms with Crippen molar-refractivity contribution in [1.82, 2.24) is 15.2 Å². The topological polar surface area (TPSA) is 74.3 Å². The molecule has 8 heteroatoms. The Morgan fingerprint density at radius 2 is 1.91 bits per heavy atom. The fourth-order valence-corrected chi connectivity index (χ4v) is 6.07.